The van der Waals surface area contributed by atoms with Gasteiger partial charge in [0.25, 0.3) is 0 Å². The number of aldehydes is 1. The fraction of sp³-hybridized carbons (Fsp3) is 0. The molecule has 3 heteroatoms. The zero-order valence-corrected chi connectivity index (χ0v) is 10.6. The molecule has 0 saturated heterocycles. The van der Waals surface area contributed by atoms with Crippen LogP contribution in [0, 0.1) is 0 Å². The summed E-state index contributed by atoms with van der Waals surface area (Å²) >= 11 is 9.25. The van der Waals surface area contributed by atoms with Gasteiger partial charge in [-0.2, -0.15) is 0 Å². The van der Waals surface area contributed by atoms with Crippen molar-refractivity contribution in [3.8, 4) is 11.1 Å². The average molecular weight is 296 g/mol. The van der Waals surface area contributed by atoms with E-state index < -0.39 is 0 Å². The molecule has 0 heterocycles. The summed E-state index contributed by atoms with van der Waals surface area (Å²) in [5.41, 5.74) is 2.49. The van der Waals surface area contributed by atoms with Crippen LogP contribution in [0.3, 0.4) is 0 Å². The van der Waals surface area contributed by atoms with Crippen LogP contribution in [0.1, 0.15) is 10.4 Å². The largest absolute Gasteiger partial charge is 0.298 e. The lowest BCUT2D eigenvalue weighted by Crippen LogP contribution is -1.87. The van der Waals surface area contributed by atoms with Crippen LogP contribution in [-0.2, 0) is 0 Å². The van der Waals surface area contributed by atoms with Crippen molar-refractivity contribution in [1.29, 1.82) is 0 Å². The van der Waals surface area contributed by atoms with E-state index in [2.05, 4.69) is 15.9 Å². The van der Waals surface area contributed by atoms with Gasteiger partial charge in [0, 0.05) is 15.1 Å². The molecule has 0 aromatic heterocycles. The van der Waals surface area contributed by atoms with Gasteiger partial charge in [-0.15, -0.1) is 0 Å². The topological polar surface area (TPSA) is 17.1 Å². The van der Waals surface area contributed by atoms with E-state index in [0.717, 1.165) is 21.9 Å². The van der Waals surface area contributed by atoms with Crippen molar-refractivity contribution >= 4 is 33.8 Å². The zero-order chi connectivity index (χ0) is 11.5. The van der Waals surface area contributed by atoms with Crippen molar-refractivity contribution in [1.82, 2.24) is 0 Å². The Morgan fingerprint density at radius 2 is 1.94 bits per heavy atom. The summed E-state index contributed by atoms with van der Waals surface area (Å²) in [7, 11) is 0. The van der Waals surface area contributed by atoms with E-state index in [1.165, 1.54) is 0 Å². The normalized spacial score (nSPS) is 10.1. The molecule has 0 N–H and O–H groups in total. The quantitative estimate of drug-likeness (QED) is 0.741. The molecule has 2 rings (SSSR count). The fourth-order valence-electron chi connectivity index (χ4n) is 1.55. The lowest BCUT2D eigenvalue weighted by atomic mass is 10.0. The smallest absolute Gasteiger partial charge is 0.150 e. The highest BCUT2D eigenvalue weighted by Crippen LogP contribution is 2.27. The molecule has 80 valence electrons. The number of rotatable bonds is 2. The first-order valence-corrected chi connectivity index (χ1v) is 5.88. The molecule has 0 saturated carbocycles. The third kappa shape index (κ3) is 2.34. The number of hydrogen-bond acceptors (Lipinski definition) is 1. The molecule has 2 aromatic rings. The fourth-order valence-corrected chi connectivity index (χ4v) is 2.13. The maximum Gasteiger partial charge on any atom is 0.150 e. The molecule has 0 aliphatic carbocycles. The monoisotopic (exact) mass is 294 g/mol. The first-order chi connectivity index (χ1) is 7.70. The van der Waals surface area contributed by atoms with E-state index in [1.54, 1.807) is 12.1 Å². The van der Waals surface area contributed by atoms with Crippen molar-refractivity contribution in [2.45, 2.75) is 0 Å². The Hall–Kier alpha value is -1.12. The Kier molecular flexibility index (Phi) is 3.42. The summed E-state index contributed by atoms with van der Waals surface area (Å²) in [6.45, 7) is 0. The summed E-state index contributed by atoms with van der Waals surface area (Å²) in [4.78, 5) is 11.0. The summed E-state index contributed by atoms with van der Waals surface area (Å²) in [6.07, 6.45) is 0.822. The molecule has 2 aromatic carbocycles. The second-order valence-corrected chi connectivity index (χ2v) is 4.71. The molecule has 1 nitrogen and oxygen atoms in total. The highest BCUT2D eigenvalue weighted by molar-refractivity contribution is 9.10. The molecular formula is C13H8BrClO. The highest BCUT2D eigenvalue weighted by atomic mass is 79.9. The summed E-state index contributed by atoms with van der Waals surface area (Å²) < 4.78 is 0.983. The van der Waals surface area contributed by atoms with E-state index in [1.807, 2.05) is 30.3 Å². The maximum atomic E-state index is 11.0. The second-order valence-electron chi connectivity index (χ2n) is 3.36. The third-order valence-electron chi connectivity index (χ3n) is 2.28. The Labute approximate surface area is 107 Å². The Morgan fingerprint density at radius 1 is 1.12 bits per heavy atom. The SMILES string of the molecule is O=Cc1cc(Cl)ccc1-c1cccc(Br)c1. The summed E-state index contributed by atoms with van der Waals surface area (Å²) in [5.74, 6) is 0. The number of hydrogen-bond donors (Lipinski definition) is 0. The van der Waals surface area contributed by atoms with Gasteiger partial charge in [-0.05, 0) is 35.4 Å². The van der Waals surface area contributed by atoms with Gasteiger partial charge in [-0.3, -0.25) is 4.79 Å². The van der Waals surface area contributed by atoms with Crippen LogP contribution in [0.25, 0.3) is 11.1 Å². The molecule has 16 heavy (non-hydrogen) atoms. The van der Waals surface area contributed by atoms with E-state index in [9.17, 15) is 4.79 Å². The van der Waals surface area contributed by atoms with Gasteiger partial charge in [0.2, 0.25) is 0 Å². The molecular weight excluding hydrogens is 287 g/mol. The minimum Gasteiger partial charge on any atom is -0.298 e. The predicted molar refractivity (Wildman–Crippen MR) is 70.0 cm³/mol. The number of carbonyl (C=O) groups is 1. The average Bonchev–Trinajstić information content (AvgIpc) is 2.28. The van der Waals surface area contributed by atoms with Crippen molar-refractivity contribution in [2.75, 3.05) is 0 Å². The van der Waals surface area contributed by atoms with E-state index in [4.69, 9.17) is 11.6 Å². The van der Waals surface area contributed by atoms with E-state index >= 15 is 0 Å². The van der Waals surface area contributed by atoms with Crippen molar-refractivity contribution in [2.24, 2.45) is 0 Å². The maximum absolute atomic E-state index is 11.0. The Balaban J connectivity index is 2.59. The summed E-state index contributed by atoms with van der Waals surface area (Å²) in [6, 6.07) is 13.1. The lowest BCUT2D eigenvalue weighted by molar-refractivity contribution is 0.112. The predicted octanol–water partition coefficient (Wildman–Crippen LogP) is 4.58. The molecule has 0 spiro atoms. The molecule has 0 radical (unpaired) electrons. The van der Waals surface area contributed by atoms with E-state index in [-0.39, 0.29) is 0 Å². The lowest BCUT2D eigenvalue weighted by Gasteiger charge is -2.05. The summed E-state index contributed by atoms with van der Waals surface area (Å²) in [5, 5.41) is 0.570. The first-order valence-electron chi connectivity index (χ1n) is 4.71. The number of halogens is 2. The van der Waals surface area contributed by atoms with Gasteiger partial charge in [0.05, 0.1) is 0 Å². The van der Waals surface area contributed by atoms with Crippen molar-refractivity contribution < 1.29 is 4.79 Å². The van der Waals surface area contributed by atoms with Crippen LogP contribution in [0.5, 0.6) is 0 Å². The van der Waals surface area contributed by atoms with Crippen LogP contribution >= 0.6 is 27.5 Å². The van der Waals surface area contributed by atoms with Crippen molar-refractivity contribution in [3.05, 3.63) is 57.5 Å². The molecule has 0 bridgehead atoms. The van der Waals surface area contributed by atoms with Crippen LogP contribution in [0.15, 0.2) is 46.9 Å². The standard InChI is InChI=1S/C13H8BrClO/c14-11-3-1-2-9(6-11)13-5-4-12(15)7-10(13)8-16/h1-8H. The van der Waals surface area contributed by atoms with Gasteiger partial charge in [-0.1, -0.05) is 45.7 Å². The van der Waals surface area contributed by atoms with Crippen LogP contribution in [0.4, 0.5) is 0 Å². The van der Waals surface area contributed by atoms with Crippen LogP contribution in [-0.4, -0.2) is 6.29 Å². The minimum absolute atomic E-state index is 0.570. The minimum atomic E-state index is 0.570. The van der Waals surface area contributed by atoms with E-state index in [0.29, 0.717) is 10.6 Å². The van der Waals surface area contributed by atoms with Gasteiger partial charge in [-0.25, -0.2) is 0 Å². The molecule has 0 aliphatic heterocycles. The van der Waals surface area contributed by atoms with Gasteiger partial charge in [0.1, 0.15) is 0 Å². The highest BCUT2D eigenvalue weighted by Gasteiger charge is 2.05. The number of carbonyl (C=O) groups excluding carboxylic acids is 1. The molecule has 0 aliphatic rings. The van der Waals surface area contributed by atoms with Gasteiger partial charge in [0.15, 0.2) is 6.29 Å². The third-order valence-corrected chi connectivity index (χ3v) is 3.00. The van der Waals surface area contributed by atoms with Gasteiger partial charge < -0.3 is 0 Å². The zero-order valence-electron chi connectivity index (χ0n) is 8.28. The Bertz CT molecular complexity index is 537. The molecule has 0 amide bonds. The Morgan fingerprint density at radius 3 is 2.62 bits per heavy atom. The molecule has 0 unspecified atom stereocenters. The molecule has 0 fully saturated rings. The second kappa shape index (κ2) is 4.81. The van der Waals surface area contributed by atoms with Crippen LogP contribution < -0.4 is 0 Å². The first kappa shape index (κ1) is 11.4. The van der Waals surface area contributed by atoms with Gasteiger partial charge >= 0.3 is 0 Å². The van der Waals surface area contributed by atoms with Crippen LogP contribution in [0.2, 0.25) is 5.02 Å². The molecule has 0 atom stereocenters. The van der Waals surface area contributed by atoms with Crippen molar-refractivity contribution in [3.63, 3.8) is 0 Å². The number of benzene rings is 2.